The molecular formula is C52H46Cl2N8O8. The smallest absolute Gasteiger partial charge is 0.337 e. The monoisotopic (exact) mass is 980 g/mol. The standard InChI is InChI=1S/C27H25ClN4O4.C25H21ClN4O4/c1-2-36-27(35)24(33)22(16-18-10-5-3-6-11-18)30-26(34)20-14-9-15-29-25(20)32-17-21(28)23(31-32)19-12-7-4-8-13-19;26-19-15-30(29-21(19)17-10-5-2-6-11-17)23-18(12-7-13-27-23)24(32)28-20(22(31)25(33)34)14-16-8-3-1-4-9-16/h3-15,17,22,24,33H,2,16H2,1H3,(H,30,34);1-13,15,20,22,31H,14H2,(H,28,32)(H,33,34). The van der Waals surface area contributed by atoms with Crippen LogP contribution in [-0.2, 0) is 27.2 Å². The highest BCUT2D eigenvalue weighted by Crippen LogP contribution is 2.29. The molecule has 0 aliphatic heterocycles. The zero-order valence-corrected chi connectivity index (χ0v) is 38.9. The first-order valence-corrected chi connectivity index (χ1v) is 22.6. The summed E-state index contributed by atoms with van der Waals surface area (Å²) >= 11 is 12.8. The van der Waals surface area contributed by atoms with Gasteiger partial charge >= 0.3 is 11.9 Å². The van der Waals surface area contributed by atoms with E-state index in [0.29, 0.717) is 21.4 Å². The molecule has 0 saturated carbocycles. The van der Waals surface area contributed by atoms with Gasteiger partial charge in [-0.1, -0.05) is 145 Å². The number of esters is 1. The highest BCUT2D eigenvalue weighted by Gasteiger charge is 2.31. The maximum absolute atomic E-state index is 13.4. The Hall–Kier alpha value is -8.02. The van der Waals surface area contributed by atoms with Crippen LogP contribution in [0.25, 0.3) is 34.2 Å². The molecule has 5 N–H and O–H groups in total. The summed E-state index contributed by atoms with van der Waals surface area (Å²) in [4.78, 5) is 59.0. The molecular weight excluding hydrogens is 936 g/mol. The molecule has 4 unspecified atom stereocenters. The molecule has 8 rings (SSSR count). The molecule has 70 heavy (non-hydrogen) atoms. The van der Waals surface area contributed by atoms with Gasteiger partial charge in [-0.05, 0) is 55.2 Å². The summed E-state index contributed by atoms with van der Waals surface area (Å²) in [5, 5.41) is 45.5. The number of carboxylic acid groups (broad SMARTS) is 1. The van der Waals surface area contributed by atoms with Crippen molar-refractivity contribution >= 4 is 47.0 Å². The summed E-state index contributed by atoms with van der Waals surface area (Å²) < 4.78 is 7.82. The zero-order chi connectivity index (χ0) is 49.6. The quantitative estimate of drug-likeness (QED) is 0.0571. The number of ether oxygens (including phenoxy) is 1. The van der Waals surface area contributed by atoms with Gasteiger partial charge < -0.3 is 30.7 Å². The Morgan fingerprint density at radius 1 is 0.571 bits per heavy atom. The van der Waals surface area contributed by atoms with E-state index in [4.69, 9.17) is 27.9 Å². The van der Waals surface area contributed by atoms with Crippen LogP contribution in [0.3, 0.4) is 0 Å². The average Bonchev–Trinajstić information content (AvgIpc) is 3.98. The number of aliphatic hydroxyl groups is 2. The minimum Gasteiger partial charge on any atom is -0.479 e. The normalized spacial score (nSPS) is 12.6. The van der Waals surface area contributed by atoms with Crippen molar-refractivity contribution < 1.29 is 39.2 Å². The van der Waals surface area contributed by atoms with E-state index in [9.17, 15) is 34.5 Å². The number of aromatic nitrogens is 6. The number of hydrogen-bond donors (Lipinski definition) is 5. The van der Waals surface area contributed by atoms with Crippen LogP contribution in [0.2, 0.25) is 10.0 Å². The van der Waals surface area contributed by atoms with E-state index in [2.05, 4.69) is 30.8 Å². The van der Waals surface area contributed by atoms with Crippen LogP contribution < -0.4 is 10.6 Å². The zero-order valence-electron chi connectivity index (χ0n) is 37.4. The molecule has 4 heterocycles. The second kappa shape index (κ2) is 23.8. The van der Waals surface area contributed by atoms with E-state index in [1.54, 1.807) is 74.0 Å². The van der Waals surface area contributed by atoms with Gasteiger partial charge in [0, 0.05) is 23.5 Å². The topological polar surface area (TPSA) is 224 Å². The first kappa shape index (κ1) is 49.9. The molecule has 18 heteroatoms. The van der Waals surface area contributed by atoms with Crippen LogP contribution >= 0.6 is 23.2 Å². The number of nitrogens with zero attached hydrogens (tertiary/aromatic N) is 6. The number of amides is 2. The lowest BCUT2D eigenvalue weighted by atomic mass is 10.0. The third-order valence-electron chi connectivity index (χ3n) is 10.7. The first-order valence-electron chi connectivity index (χ1n) is 21.9. The van der Waals surface area contributed by atoms with E-state index in [1.165, 1.54) is 15.6 Å². The number of carbonyl (C=O) groups is 4. The SMILES string of the molecule is CCOC(=O)C(O)C(Cc1ccccc1)NC(=O)c1cccnc1-n1cc(Cl)c(-c2ccccc2)n1.O=C(NC(Cc1ccccc1)C(O)C(=O)O)c1cccnc1-n1cc(Cl)c(-c2ccccc2)n1. The molecule has 356 valence electrons. The molecule has 4 aromatic carbocycles. The number of aliphatic hydroxyl groups excluding tert-OH is 2. The van der Waals surface area contributed by atoms with Gasteiger partial charge in [-0.3, -0.25) is 9.59 Å². The average molecular weight is 982 g/mol. The molecule has 0 aliphatic rings. The van der Waals surface area contributed by atoms with Crippen molar-refractivity contribution in [3.8, 4) is 34.2 Å². The molecule has 2 amide bonds. The van der Waals surface area contributed by atoms with Gasteiger partial charge in [0.05, 0.1) is 52.3 Å². The Kier molecular flexibility index (Phi) is 17.0. The fourth-order valence-electron chi connectivity index (χ4n) is 7.30. The van der Waals surface area contributed by atoms with Gasteiger partial charge in [-0.15, -0.1) is 0 Å². The Labute approximate surface area is 412 Å². The number of benzene rings is 4. The molecule has 16 nitrogen and oxygen atoms in total. The lowest BCUT2D eigenvalue weighted by Crippen LogP contribution is -2.49. The van der Waals surface area contributed by atoms with E-state index >= 15 is 0 Å². The first-order chi connectivity index (χ1) is 33.9. The van der Waals surface area contributed by atoms with E-state index in [-0.39, 0.29) is 42.2 Å². The summed E-state index contributed by atoms with van der Waals surface area (Å²) in [5.74, 6) is -2.90. The molecule has 0 spiro atoms. The number of hydrogen-bond acceptors (Lipinski definition) is 11. The van der Waals surface area contributed by atoms with Crippen molar-refractivity contribution in [2.24, 2.45) is 0 Å². The predicted molar refractivity (Wildman–Crippen MR) is 263 cm³/mol. The molecule has 0 radical (unpaired) electrons. The summed E-state index contributed by atoms with van der Waals surface area (Å²) in [5.41, 5.74) is 4.66. The van der Waals surface area contributed by atoms with Crippen LogP contribution in [0.4, 0.5) is 0 Å². The number of pyridine rings is 2. The third kappa shape index (κ3) is 12.5. The van der Waals surface area contributed by atoms with Crippen molar-refractivity contribution in [1.82, 2.24) is 40.2 Å². The van der Waals surface area contributed by atoms with Crippen LogP contribution in [0.1, 0.15) is 38.8 Å². The van der Waals surface area contributed by atoms with Crippen LogP contribution in [0, 0.1) is 0 Å². The van der Waals surface area contributed by atoms with Crippen molar-refractivity contribution in [2.75, 3.05) is 6.61 Å². The van der Waals surface area contributed by atoms with Gasteiger partial charge in [0.2, 0.25) is 0 Å². The van der Waals surface area contributed by atoms with Crippen molar-refractivity contribution in [3.63, 3.8) is 0 Å². The van der Waals surface area contributed by atoms with Crippen molar-refractivity contribution in [2.45, 2.75) is 44.1 Å². The molecule has 4 atom stereocenters. The summed E-state index contributed by atoms with van der Waals surface area (Å²) in [7, 11) is 0. The summed E-state index contributed by atoms with van der Waals surface area (Å²) in [6.45, 7) is 1.76. The summed E-state index contributed by atoms with van der Waals surface area (Å²) in [6, 6.07) is 41.4. The maximum atomic E-state index is 13.4. The van der Waals surface area contributed by atoms with Gasteiger partial charge in [0.25, 0.3) is 11.8 Å². The minimum absolute atomic E-state index is 0.110. The predicted octanol–water partition coefficient (Wildman–Crippen LogP) is 7.23. The maximum Gasteiger partial charge on any atom is 0.337 e. The largest absolute Gasteiger partial charge is 0.479 e. The lowest BCUT2D eigenvalue weighted by Gasteiger charge is -2.23. The highest BCUT2D eigenvalue weighted by atomic mass is 35.5. The third-order valence-corrected chi connectivity index (χ3v) is 11.3. The fraction of sp³-hybridized carbons (Fsp3) is 0.154. The van der Waals surface area contributed by atoms with Crippen molar-refractivity contribution in [3.05, 3.63) is 203 Å². The number of rotatable bonds is 17. The molecule has 0 saturated heterocycles. The fourth-order valence-corrected chi connectivity index (χ4v) is 7.77. The van der Waals surface area contributed by atoms with Gasteiger partial charge in [0.15, 0.2) is 23.8 Å². The Morgan fingerprint density at radius 3 is 1.34 bits per heavy atom. The molecule has 0 aliphatic carbocycles. The van der Waals surface area contributed by atoms with Gasteiger partial charge in [-0.2, -0.15) is 10.2 Å². The number of carboxylic acids is 1. The van der Waals surface area contributed by atoms with Gasteiger partial charge in [0.1, 0.15) is 11.4 Å². The van der Waals surface area contributed by atoms with Crippen LogP contribution in [0.5, 0.6) is 0 Å². The molecule has 4 aromatic heterocycles. The van der Waals surface area contributed by atoms with Gasteiger partial charge in [-0.25, -0.2) is 28.9 Å². The Balaban J connectivity index is 0.000000207. The number of halogens is 2. The number of aliphatic carboxylic acids is 1. The highest BCUT2D eigenvalue weighted by molar-refractivity contribution is 6.33. The summed E-state index contributed by atoms with van der Waals surface area (Å²) in [6.07, 6.45) is 3.17. The Bertz CT molecular complexity index is 3030. The van der Waals surface area contributed by atoms with E-state index in [1.807, 2.05) is 97.1 Å². The second-order valence-electron chi connectivity index (χ2n) is 15.5. The van der Waals surface area contributed by atoms with Crippen molar-refractivity contribution in [1.29, 1.82) is 0 Å². The minimum atomic E-state index is -1.80. The van der Waals surface area contributed by atoms with Crippen LogP contribution in [-0.4, -0.2) is 99.5 Å². The van der Waals surface area contributed by atoms with E-state index < -0.39 is 48.0 Å². The second-order valence-corrected chi connectivity index (χ2v) is 16.4. The van der Waals surface area contributed by atoms with Crippen LogP contribution in [0.15, 0.2) is 170 Å². The Morgan fingerprint density at radius 2 is 0.957 bits per heavy atom. The molecule has 0 bridgehead atoms. The molecule has 0 fully saturated rings. The lowest BCUT2D eigenvalue weighted by molar-refractivity contribution is -0.154. The van der Waals surface area contributed by atoms with E-state index in [0.717, 1.165) is 22.3 Å². The number of nitrogens with one attached hydrogen (secondary N) is 2. The molecule has 8 aromatic rings. The number of carbonyl (C=O) groups excluding carboxylic acids is 3.